The average Bonchev–Trinajstić information content (AvgIpc) is 3.16. The lowest BCUT2D eigenvalue weighted by atomic mass is 10.2. The third-order valence-corrected chi connectivity index (χ3v) is 3.11. The minimum Gasteiger partial charge on any atom is -0.394 e. The Morgan fingerprint density at radius 2 is 2.00 bits per heavy atom. The van der Waals surface area contributed by atoms with Crippen LogP contribution in [0.2, 0.25) is 0 Å². The highest BCUT2D eigenvalue weighted by atomic mass is 16.3. The lowest BCUT2D eigenvalue weighted by molar-refractivity contribution is -0.120. The SMILES string of the molecule is O=C(CNC1(CO)CC1)NCc1ccccc1. The van der Waals surface area contributed by atoms with Gasteiger partial charge in [0.1, 0.15) is 0 Å². The molecule has 0 spiro atoms. The molecule has 4 nitrogen and oxygen atoms in total. The molecule has 1 fully saturated rings. The van der Waals surface area contributed by atoms with Crippen LogP contribution >= 0.6 is 0 Å². The molecule has 1 aromatic rings. The van der Waals surface area contributed by atoms with Crippen molar-refractivity contribution < 1.29 is 9.90 Å². The van der Waals surface area contributed by atoms with Gasteiger partial charge in [0, 0.05) is 12.1 Å². The highest BCUT2D eigenvalue weighted by Gasteiger charge is 2.41. The lowest BCUT2D eigenvalue weighted by Gasteiger charge is -2.13. The first kappa shape index (κ1) is 12.1. The maximum atomic E-state index is 11.6. The molecular weight excluding hydrogens is 216 g/mol. The number of amides is 1. The Bertz CT molecular complexity index is 374. The smallest absolute Gasteiger partial charge is 0.234 e. The van der Waals surface area contributed by atoms with Gasteiger partial charge in [-0.2, -0.15) is 0 Å². The van der Waals surface area contributed by atoms with E-state index in [4.69, 9.17) is 5.11 Å². The molecule has 0 unspecified atom stereocenters. The van der Waals surface area contributed by atoms with Gasteiger partial charge < -0.3 is 15.7 Å². The molecule has 0 radical (unpaired) electrons. The normalized spacial score (nSPS) is 16.5. The van der Waals surface area contributed by atoms with Gasteiger partial charge in [0.15, 0.2) is 0 Å². The second kappa shape index (κ2) is 5.29. The van der Waals surface area contributed by atoms with Crippen LogP contribution in [0.1, 0.15) is 18.4 Å². The Hall–Kier alpha value is -1.39. The Balaban J connectivity index is 1.68. The van der Waals surface area contributed by atoms with Gasteiger partial charge in [-0.1, -0.05) is 30.3 Å². The summed E-state index contributed by atoms with van der Waals surface area (Å²) in [5, 5.41) is 15.0. The number of nitrogens with one attached hydrogen (secondary N) is 2. The zero-order chi connectivity index (χ0) is 12.1. The van der Waals surface area contributed by atoms with Gasteiger partial charge in [0.05, 0.1) is 13.2 Å². The quantitative estimate of drug-likeness (QED) is 0.668. The molecule has 1 aliphatic carbocycles. The van der Waals surface area contributed by atoms with Gasteiger partial charge in [-0.15, -0.1) is 0 Å². The molecule has 1 saturated carbocycles. The largest absolute Gasteiger partial charge is 0.394 e. The van der Waals surface area contributed by atoms with E-state index in [-0.39, 0.29) is 24.6 Å². The van der Waals surface area contributed by atoms with Crippen molar-refractivity contribution in [2.75, 3.05) is 13.2 Å². The van der Waals surface area contributed by atoms with E-state index in [1.165, 1.54) is 0 Å². The van der Waals surface area contributed by atoms with Crippen molar-refractivity contribution in [3.05, 3.63) is 35.9 Å². The summed E-state index contributed by atoms with van der Waals surface area (Å²) in [6, 6.07) is 9.80. The third kappa shape index (κ3) is 3.54. The summed E-state index contributed by atoms with van der Waals surface area (Å²) in [5.74, 6) is -0.0337. The van der Waals surface area contributed by atoms with Crippen molar-refractivity contribution in [2.45, 2.75) is 24.9 Å². The van der Waals surface area contributed by atoms with Gasteiger partial charge >= 0.3 is 0 Å². The highest BCUT2D eigenvalue weighted by molar-refractivity contribution is 5.78. The van der Waals surface area contributed by atoms with Crippen LogP contribution in [0.4, 0.5) is 0 Å². The first-order valence-corrected chi connectivity index (χ1v) is 5.91. The predicted octanol–water partition coefficient (Wildman–Crippen LogP) is 0.417. The minimum atomic E-state index is -0.177. The molecule has 0 aliphatic heterocycles. The van der Waals surface area contributed by atoms with E-state index in [9.17, 15) is 4.79 Å². The summed E-state index contributed by atoms with van der Waals surface area (Å²) in [5.41, 5.74) is 0.911. The second-order valence-electron chi connectivity index (χ2n) is 4.55. The van der Waals surface area contributed by atoms with Crippen LogP contribution < -0.4 is 10.6 Å². The van der Waals surface area contributed by atoms with Crippen molar-refractivity contribution in [3.63, 3.8) is 0 Å². The number of carbonyl (C=O) groups excluding carboxylic acids is 1. The van der Waals surface area contributed by atoms with Gasteiger partial charge in [-0.25, -0.2) is 0 Å². The number of aliphatic hydroxyl groups excluding tert-OH is 1. The Morgan fingerprint density at radius 1 is 1.29 bits per heavy atom. The molecule has 1 aromatic carbocycles. The zero-order valence-electron chi connectivity index (χ0n) is 9.78. The summed E-state index contributed by atoms with van der Waals surface area (Å²) in [6.45, 7) is 0.930. The van der Waals surface area contributed by atoms with Gasteiger partial charge in [-0.05, 0) is 18.4 Å². The van der Waals surface area contributed by atoms with Crippen LogP contribution in [0.3, 0.4) is 0 Å². The van der Waals surface area contributed by atoms with Crippen molar-refractivity contribution in [3.8, 4) is 0 Å². The molecule has 0 atom stereocenters. The first-order chi connectivity index (χ1) is 8.24. The fourth-order valence-corrected chi connectivity index (χ4v) is 1.67. The van der Waals surface area contributed by atoms with Gasteiger partial charge in [0.25, 0.3) is 0 Å². The van der Waals surface area contributed by atoms with Crippen molar-refractivity contribution >= 4 is 5.91 Å². The number of aliphatic hydroxyl groups is 1. The van der Waals surface area contributed by atoms with E-state index >= 15 is 0 Å². The van der Waals surface area contributed by atoms with E-state index in [1.54, 1.807) is 0 Å². The molecule has 0 saturated heterocycles. The number of hydrogen-bond donors (Lipinski definition) is 3. The van der Waals surface area contributed by atoms with E-state index < -0.39 is 0 Å². The molecule has 92 valence electrons. The van der Waals surface area contributed by atoms with Crippen LogP contribution in [0.25, 0.3) is 0 Å². The first-order valence-electron chi connectivity index (χ1n) is 5.91. The van der Waals surface area contributed by atoms with E-state index in [0.717, 1.165) is 18.4 Å². The van der Waals surface area contributed by atoms with Crippen LogP contribution in [0, 0.1) is 0 Å². The van der Waals surface area contributed by atoms with Gasteiger partial charge in [0.2, 0.25) is 5.91 Å². The van der Waals surface area contributed by atoms with Crippen molar-refractivity contribution in [1.82, 2.24) is 10.6 Å². The van der Waals surface area contributed by atoms with Crippen molar-refractivity contribution in [2.24, 2.45) is 0 Å². The number of carbonyl (C=O) groups is 1. The summed E-state index contributed by atoms with van der Waals surface area (Å²) in [7, 11) is 0. The second-order valence-corrected chi connectivity index (χ2v) is 4.55. The fraction of sp³-hybridized carbons (Fsp3) is 0.462. The van der Waals surface area contributed by atoms with Crippen LogP contribution in [-0.4, -0.2) is 29.7 Å². The lowest BCUT2D eigenvalue weighted by Crippen LogP contribution is -2.42. The standard InChI is InChI=1S/C13H18N2O2/c16-10-13(6-7-13)15-9-12(17)14-8-11-4-2-1-3-5-11/h1-5,15-16H,6-10H2,(H,14,17). The molecule has 17 heavy (non-hydrogen) atoms. The molecule has 1 aliphatic rings. The number of benzene rings is 1. The third-order valence-electron chi connectivity index (χ3n) is 3.11. The minimum absolute atomic E-state index is 0.0337. The zero-order valence-corrected chi connectivity index (χ0v) is 9.78. The summed E-state index contributed by atoms with van der Waals surface area (Å²) in [6.07, 6.45) is 1.91. The maximum absolute atomic E-state index is 11.6. The average molecular weight is 234 g/mol. The summed E-state index contributed by atoms with van der Waals surface area (Å²) >= 11 is 0. The Kier molecular flexibility index (Phi) is 3.76. The fourth-order valence-electron chi connectivity index (χ4n) is 1.67. The van der Waals surface area contributed by atoms with Crippen LogP contribution in [0.5, 0.6) is 0 Å². The maximum Gasteiger partial charge on any atom is 0.234 e. The van der Waals surface area contributed by atoms with E-state index in [2.05, 4.69) is 10.6 Å². The van der Waals surface area contributed by atoms with E-state index in [0.29, 0.717) is 6.54 Å². The Labute approximate surface area is 101 Å². The molecular formula is C13H18N2O2. The molecule has 0 aromatic heterocycles. The number of rotatable bonds is 6. The van der Waals surface area contributed by atoms with E-state index in [1.807, 2.05) is 30.3 Å². The van der Waals surface area contributed by atoms with Crippen LogP contribution in [0.15, 0.2) is 30.3 Å². The number of hydrogen-bond acceptors (Lipinski definition) is 3. The molecule has 0 bridgehead atoms. The van der Waals surface area contributed by atoms with Crippen LogP contribution in [-0.2, 0) is 11.3 Å². The summed E-state index contributed by atoms with van der Waals surface area (Å²) < 4.78 is 0. The molecule has 0 heterocycles. The molecule has 2 rings (SSSR count). The summed E-state index contributed by atoms with van der Waals surface area (Å²) in [4.78, 5) is 11.6. The Morgan fingerprint density at radius 3 is 2.59 bits per heavy atom. The predicted molar refractivity (Wildman–Crippen MR) is 65.3 cm³/mol. The molecule has 3 N–H and O–H groups in total. The molecule has 4 heteroatoms. The van der Waals surface area contributed by atoms with Crippen molar-refractivity contribution in [1.29, 1.82) is 0 Å². The monoisotopic (exact) mass is 234 g/mol. The topological polar surface area (TPSA) is 61.4 Å². The van der Waals surface area contributed by atoms with Gasteiger partial charge in [-0.3, -0.25) is 4.79 Å². The highest BCUT2D eigenvalue weighted by Crippen LogP contribution is 2.34. The molecule has 1 amide bonds.